The van der Waals surface area contributed by atoms with Crippen LogP contribution in [0.15, 0.2) is 54.6 Å². The number of piperidine rings is 1. The highest BCUT2D eigenvalue weighted by Gasteiger charge is 2.51. The number of benzene rings is 3. The average molecular weight is 865 g/mol. The highest BCUT2D eigenvalue weighted by atomic mass is 35.5. The molecule has 3 aliphatic heterocycles. The maximum atomic E-state index is 13.8. The molecule has 0 aromatic heterocycles. The molecule has 6 rings (SSSR count). The number of piperazine rings is 1. The zero-order valence-corrected chi connectivity index (χ0v) is 35.8. The summed E-state index contributed by atoms with van der Waals surface area (Å²) in [5.41, 5.74) is 0.110. The molecule has 3 fully saturated rings. The fourth-order valence-corrected chi connectivity index (χ4v) is 9.27. The summed E-state index contributed by atoms with van der Waals surface area (Å²) in [6.07, 6.45) is -2.75. The van der Waals surface area contributed by atoms with Gasteiger partial charge < -0.3 is 9.64 Å². The predicted molar refractivity (Wildman–Crippen MR) is 226 cm³/mol. The second-order valence-electron chi connectivity index (χ2n) is 16.3. The first kappa shape index (κ1) is 44.7. The van der Waals surface area contributed by atoms with Crippen molar-refractivity contribution in [3.63, 3.8) is 0 Å². The Morgan fingerprint density at radius 1 is 1.02 bits per heavy atom. The lowest BCUT2D eigenvalue weighted by Gasteiger charge is -2.44. The van der Waals surface area contributed by atoms with Crippen LogP contribution in [0, 0.1) is 17.2 Å². The molecule has 3 aromatic carbocycles. The number of carbonyl (C=O) groups excluding carboxylic acids is 4. The minimum absolute atomic E-state index is 0.0169. The zero-order chi connectivity index (χ0) is 43.7. The van der Waals surface area contributed by atoms with E-state index in [0.717, 1.165) is 46.8 Å². The number of hydrogen-bond acceptors (Lipinski definition) is 9. The van der Waals surface area contributed by atoms with Gasteiger partial charge in [0.15, 0.2) is 10.9 Å². The summed E-state index contributed by atoms with van der Waals surface area (Å²) in [5.74, 6) is -0.625. The Labute approximate surface area is 358 Å². The van der Waals surface area contributed by atoms with Crippen molar-refractivity contribution in [2.24, 2.45) is 5.92 Å². The van der Waals surface area contributed by atoms with Gasteiger partial charge in [-0.05, 0) is 124 Å². The summed E-state index contributed by atoms with van der Waals surface area (Å²) >= 11 is 12.1. The number of ether oxygens (including phenoxy) is 1. The molecule has 11 nitrogen and oxygen atoms in total. The van der Waals surface area contributed by atoms with Gasteiger partial charge in [0, 0.05) is 61.2 Å². The van der Waals surface area contributed by atoms with Gasteiger partial charge in [-0.25, -0.2) is 0 Å². The monoisotopic (exact) mass is 864 g/mol. The van der Waals surface area contributed by atoms with Crippen LogP contribution in [0.2, 0.25) is 5.02 Å². The number of hydrogen-bond donors (Lipinski definition) is 1. The van der Waals surface area contributed by atoms with E-state index in [1.807, 2.05) is 25.1 Å². The van der Waals surface area contributed by atoms with Crippen LogP contribution in [-0.2, 0) is 44.6 Å². The number of nitriles is 1. The van der Waals surface area contributed by atoms with Crippen LogP contribution >= 0.6 is 23.8 Å². The predicted octanol–water partition coefficient (Wildman–Crippen LogP) is 6.89. The highest BCUT2D eigenvalue weighted by molar-refractivity contribution is 7.81. The zero-order valence-electron chi connectivity index (χ0n) is 34.2. The Hall–Kier alpha value is -4.88. The molecule has 16 heteroatoms. The second-order valence-corrected chi connectivity index (χ2v) is 17.1. The molecule has 3 aliphatic rings. The summed E-state index contributed by atoms with van der Waals surface area (Å²) in [4.78, 5) is 58.2. The Morgan fingerprint density at radius 3 is 2.35 bits per heavy atom. The molecule has 0 spiro atoms. The lowest BCUT2D eigenvalue weighted by Crippen LogP contribution is -2.58. The van der Waals surface area contributed by atoms with Crippen molar-refractivity contribution in [2.45, 2.75) is 90.5 Å². The van der Waals surface area contributed by atoms with Crippen LogP contribution in [0.3, 0.4) is 0 Å². The van der Waals surface area contributed by atoms with E-state index >= 15 is 0 Å². The van der Waals surface area contributed by atoms with E-state index in [4.69, 9.17) is 28.6 Å². The van der Waals surface area contributed by atoms with Crippen LogP contribution < -0.4 is 19.9 Å². The molecular weight excluding hydrogens is 817 g/mol. The molecule has 60 heavy (non-hydrogen) atoms. The summed E-state index contributed by atoms with van der Waals surface area (Å²) in [6.45, 7) is 12.3. The molecule has 318 valence electrons. The number of anilines is 2. The number of nitrogens with one attached hydrogen (secondary N) is 1. The standard InChI is InChI=1S/C44H48ClF3N6O5S/c1-6-30-20-35(54-42(60)53(41(58)43(54,4)5)34-9-7-32(22-49)37(21-34)44(46,47)48)10-11-38(30)59-14-13-51-23-26(2)52(27(3)24-51)25-36(55)19-29-15-28(17-33(45)18-29)16-31-8-12-39(56)50-40(31)57/h7,9-11,15,17-18,20-21,26-27,31H,6,8,12-14,16,19,23-25H2,1-5H3,(H,50,56,57)/t26-,27-,31?/m1/s1. The van der Waals surface area contributed by atoms with Gasteiger partial charge in [0.25, 0.3) is 5.91 Å². The van der Waals surface area contributed by atoms with E-state index in [2.05, 4.69) is 29.0 Å². The molecule has 1 unspecified atom stereocenters. The van der Waals surface area contributed by atoms with Gasteiger partial charge in [0.05, 0.1) is 29.4 Å². The van der Waals surface area contributed by atoms with Crippen LogP contribution in [-0.4, -0.2) is 88.8 Å². The first-order chi connectivity index (χ1) is 28.3. The number of halogens is 4. The SMILES string of the molecule is CCc1cc(N2C(=S)N(c3ccc(C#N)c(C(F)(F)F)c3)C(=O)C2(C)C)ccc1OCCN1C[C@@H](C)N(CC(=O)Cc2cc(Cl)cc(CC3CCC(=O)NC3=O)c2)[C@H](C)C1. The maximum Gasteiger partial charge on any atom is 0.417 e. The van der Waals surface area contributed by atoms with Crippen molar-refractivity contribution in [2.75, 3.05) is 42.6 Å². The first-order valence-electron chi connectivity index (χ1n) is 20.0. The minimum atomic E-state index is -4.80. The topological polar surface area (TPSA) is 126 Å². The Kier molecular flexibility index (Phi) is 13.4. The van der Waals surface area contributed by atoms with Crippen LogP contribution in [0.25, 0.3) is 0 Å². The van der Waals surface area contributed by atoms with Gasteiger partial charge in [-0.15, -0.1) is 0 Å². The van der Waals surface area contributed by atoms with Crippen molar-refractivity contribution >= 4 is 63.8 Å². The number of nitrogens with zero attached hydrogens (tertiary/aromatic N) is 5. The van der Waals surface area contributed by atoms with E-state index in [-0.39, 0.29) is 59.4 Å². The third-order valence-corrected chi connectivity index (χ3v) is 12.1. The van der Waals surface area contributed by atoms with Gasteiger partial charge in [-0.3, -0.25) is 39.2 Å². The third-order valence-electron chi connectivity index (χ3n) is 11.5. The van der Waals surface area contributed by atoms with Gasteiger partial charge in [-0.2, -0.15) is 18.4 Å². The third kappa shape index (κ3) is 9.68. The van der Waals surface area contributed by atoms with Crippen molar-refractivity contribution in [3.8, 4) is 11.8 Å². The van der Waals surface area contributed by atoms with Crippen molar-refractivity contribution in [1.82, 2.24) is 15.1 Å². The molecule has 0 radical (unpaired) electrons. The lowest BCUT2D eigenvalue weighted by atomic mass is 9.90. The largest absolute Gasteiger partial charge is 0.492 e. The summed E-state index contributed by atoms with van der Waals surface area (Å²) in [6, 6.07) is 15.9. The quantitative estimate of drug-likeness (QED) is 0.144. The molecule has 0 bridgehead atoms. The highest BCUT2D eigenvalue weighted by Crippen LogP contribution is 2.40. The van der Waals surface area contributed by atoms with Gasteiger partial charge >= 0.3 is 6.18 Å². The molecule has 3 amide bonds. The summed E-state index contributed by atoms with van der Waals surface area (Å²) in [5, 5.41) is 12.2. The van der Waals surface area contributed by atoms with Gasteiger partial charge in [-0.1, -0.05) is 24.6 Å². The molecular formula is C44H48ClF3N6O5S. The number of carbonyl (C=O) groups is 4. The van der Waals surface area contributed by atoms with E-state index in [1.165, 1.54) is 6.07 Å². The van der Waals surface area contributed by atoms with E-state index in [0.29, 0.717) is 55.3 Å². The number of aryl methyl sites for hydroxylation is 1. The fraction of sp³-hybridized carbons (Fsp3) is 0.455. The van der Waals surface area contributed by atoms with Gasteiger partial charge in [0.1, 0.15) is 17.9 Å². The lowest BCUT2D eigenvalue weighted by molar-refractivity contribution is -0.138. The molecule has 3 saturated heterocycles. The maximum absolute atomic E-state index is 13.8. The Balaban J connectivity index is 1.04. The van der Waals surface area contributed by atoms with E-state index < -0.39 is 28.7 Å². The molecule has 0 saturated carbocycles. The van der Waals surface area contributed by atoms with E-state index in [1.54, 1.807) is 43.0 Å². The average Bonchev–Trinajstić information content (AvgIpc) is 3.35. The summed E-state index contributed by atoms with van der Waals surface area (Å²) < 4.78 is 47.7. The first-order valence-corrected chi connectivity index (χ1v) is 20.8. The fourth-order valence-electron chi connectivity index (χ4n) is 8.47. The smallest absolute Gasteiger partial charge is 0.417 e. The van der Waals surface area contributed by atoms with Crippen LogP contribution in [0.1, 0.15) is 75.3 Å². The number of alkyl halides is 3. The van der Waals surface area contributed by atoms with Crippen molar-refractivity contribution in [3.05, 3.63) is 87.4 Å². The molecule has 3 atom stereocenters. The van der Waals surface area contributed by atoms with Crippen molar-refractivity contribution < 1.29 is 37.1 Å². The van der Waals surface area contributed by atoms with Gasteiger partial charge in [0.2, 0.25) is 11.8 Å². The number of Topliss-reactive ketones (excluding diaryl/α,β-unsaturated/α-hetero) is 1. The Morgan fingerprint density at radius 2 is 1.70 bits per heavy atom. The molecule has 3 aromatic rings. The number of imide groups is 1. The number of amides is 3. The molecule has 1 N–H and O–H groups in total. The van der Waals surface area contributed by atoms with Crippen molar-refractivity contribution in [1.29, 1.82) is 5.26 Å². The number of thiocarbonyl (C=S) groups is 1. The molecule has 3 heterocycles. The normalized spacial score (nSPS) is 21.3. The second kappa shape index (κ2) is 18.0. The van der Waals surface area contributed by atoms with E-state index in [9.17, 15) is 37.6 Å². The molecule has 0 aliphatic carbocycles. The minimum Gasteiger partial charge on any atom is -0.492 e. The number of rotatable bonds is 13. The van der Waals surface area contributed by atoms with Crippen LogP contribution in [0.4, 0.5) is 24.5 Å². The number of ketones is 1. The Bertz CT molecular complexity index is 2230. The summed E-state index contributed by atoms with van der Waals surface area (Å²) in [7, 11) is 0. The van der Waals surface area contributed by atoms with Crippen LogP contribution in [0.5, 0.6) is 5.75 Å².